The minimum atomic E-state index is 0. The first-order chi connectivity index (χ1) is 15.7. The van der Waals surface area contributed by atoms with Gasteiger partial charge in [-0.05, 0) is 80.7 Å². The average Bonchev–Trinajstić information content (AvgIpc) is 3.25. The van der Waals surface area contributed by atoms with E-state index in [0.717, 1.165) is 65.5 Å². The monoisotopic (exact) mass is 481 g/mol. The third-order valence-corrected chi connectivity index (χ3v) is 6.74. The van der Waals surface area contributed by atoms with Gasteiger partial charge in [0.05, 0.1) is 23.3 Å². The van der Waals surface area contributed by atoms with Crippen LogP contribution < -0.4 is 5.73 Å². The molecule has 1 aliphatic rings. The Morgan fingerprint density at radius 3 is 2.64 bits per heavy atom. The number of pyridine rings is 1. The second-order valence-corrected chi connectivity index (χ2v) is 9.28. The van der Waals surface area contributed by atoms with Crippen molar-refractivity contribution in [3.8, 4) is 11.4 Å². The van der Waals surface area contributed by atoms with Crippen LogP contribution in [0.25, 0.3) is 17.0 Å². The molecule has 4 aromatic rings. The largest absolute Gasteiger partial charge is 0.328 e. The van der Waals surface area contributed by atoms with Crippen LogP contribution >= 0.6 is 24.0 Å². The molecule has 2 N–H and O–H groups in total. The molecule has 0 saturated heterocycles. The van der Waals surface area contributed by atoms with Gasteiger partial charge in [0, 0.05) is 29.2 Å². The lowest BCUT2D eigenvalue weighted by Crippen LogP contribution is -2.27. The molecule has 1 saturated carbocycles. The zero-order chi connectivity index (χ0) is 21.9. The zero-order valence-corrected chi connectivity index (χ0v) is 20.1. The normalized spacial score (nSPS) is 18.2. The molecular weight excluding hydrogens is 453 g/mol. The van der Waals surface area contributed by atoms with Gasteiger partial charge in [-0.3, -0.25) is 14.4 Å². The lowest BCUT2D eigenvalue weighted by molar-refractivity contribution is 0.323. The van der Waals surface area contributed by atoms with Gasteiger partial charge in [-0.15, -0.1) is 12.4 Å². The van der Waals surface area contributed by atoms with Gasteiger partial charge in [0.1, 0.15) is 0 Å². The van der Waals surface area contributed by atoms with Crippen LogP contribution in [0.15, 0.2) is 61.1 Å². The lowest BCUT2D eigenvalue weighted by atomic mass is 9.84. The summed E-state index contributed by atoms with van der Waals surface area (Å²) in [7, 11) is 0. The number of aromatic nitrogens is 4. The molecule has 5 nitrogen and oxygen atoms in total. The Morgan fingerprint density at radius 2 is 1.82 bits per heavy atom. The van der Waals surface area contributed by atoms with Gasteiger partial charge in [0.2, 0.25) is 0 Å². The van der Waals surface area contributed by atoms with Gasteiger partial charge < -0.3 is 5.73 Å². The molecule has 1 aromatic carbocycles. The van der Waals surface area contributed by atoms with Crippen molar-refractivity contribution < 1.29 is 0 Å². The fourth-order valence-corrected chi connectivity index (χ4v) is 4.91. The number of hydrogen-bond donors (Lipinski definition) is 1. The molecule has 172 valence electrons. The van der Waals surface area contributed by atoms with E-state index in [2.05, 4.69) is 33.7 Å². The SMILES string of the molecule is Cl.NC1CCC(Cc2nccn3c(-c4cccc(CCc5cccc(Cl)c5)n4)cnc23)CC1. The number of benzene rings is 1. The Labute approximate surface area is 205 Å². The molecule has 33 heavy (non-hydrogen) atoms. The highest BCUT2D eigenvalue weighted by Gasteiger charge is 2.21. The minimum Gasteiger partial charge on any atom is -0.328 e. The molecule has 1 aliphatic carbocycles. The van der Waals surface area contributed by atoms with Gasteiger partial charge in [-0.1, -0.05) is 29.8 Å². The molecule has 0 unspecified atom stereocenters. The van der Waals surface area contributed by atoms with Gasteiger partial charge in [-0.25, -0.2) is 4.98 Å². The summed E-state index contributed by atoms with van der Waals surface area (Å²) in [6.45, 7) is 0. The molecular formula is C26H29Cl2N5. The summed E-state index contributed by atoms with van der Waals surface area (Å²) in [5.41, 5.74) is 12.3. The fraction of sp³-hybridized carbons (Fsp3) is 0.346. The van der Waals surface area contributed by atoms with Crippen molar-refractivity contribution in [2.75, 3.05) is 0 Å². The van der Waals surface area contributed by atoms with Crippen LogP contribution in [0.4, 0.5) is 0 Å². The Bertz CT molecular complexity index is 1210. The maximum Gasteiger partial charge on any atom is 0.159 e. The number of rotatable bonds is 6. The van der Waals surface area contributed by atoms with Crippen molar-refractivity contribution in [1.29, 1.82) is 0 Å². The first-order valence-corrected chi connectivity index (χ1v) is 11.8. The van der Waals surface area contributed by atoms with Crippen LogP contribution in [-0.4, -0.2) is 25.4 Å². The summed E-state index contributed by atoms with van der Waals surface area (Å²) in [5.74, 6) is 0.640. The quantitative estimate of drug-likeness (QED) is 0.382. The van der Waals surface area contributed by atoms with Crippen LogP contribution in [-0.2, 0) is 19.3 Å². The van der Waals surface area contributed by atoms with E-state index in [1.54, 1.807) is 0 Å². The van der Waals surface area contributed by atoms with E-state index in [9.17, 15) is 0 Å². The van der Waals surface area contributed by atoms with Crippen molar-refractivity contribution >= 4 is 29.7 Å². The number of hydrogen-bond acceptors (Lipinski definition) is 4. The second kappa shape index (κ2) is 10.6. The van der Waals surface area contributed by atoms with Crippen molar-refractivity contribution in [3.63, 3.8) is 0 Å². The number of fused-ring (bicyclic) bond motifs is 1. The van der Waals surface area contributed by atoms with Crippen molar-refractivity contribution in [1.82, 2.24) is 19.4 Å². The molecule has 0 radical (unpaired) electrons. The molecule has 1 fully saturated rings. The average molecular weight is 482 g/mol. The lowest BCUT2D eigenvalue weighted by Gasteiger charge is -2.25. The van der Waals surface area contributed by atoms with Crippen molar-refractivity contribution in [2.45, 2.75) is 51.0 Å². The maximum absolute atomic E-state index is 6.12. The third-order valence-electron chi connectivity index (χ3n) is 6.50. The van der Waals surface area contributed by atoms with E-state index >= 15 is 0 Å². The van der Waals surface area contributed by atoms with E-state index < -0.39 is 0 Å². The van der Waals surface area contributed by atoms with Gasteiger partial charge in [0.15, 0.2) is 5.65 Å². The van der Waals surface area contributed by atoms with Crippen molar-refractivity contribution in [3.05, 3.63) is 83.0 Å². The number of halogens is 2. The Kier molecular flexibility index (Phi) is 7.63. The molecule has 7 heteroatoms. The zero-order valence-electron chi connectivity index (χ0n) is 18.5. The van der Waals surface area contributed by atoms with Crippen LogP contribution in [0.3, 0.4) is 0 Å². The molecule has 3 heterocycles. The minimum absolute atomic E-state index is 0. The molecule has 0 amide bonds. The summed E-state index contributed by atoms with van der Waals surface area (Å²) in [6.07, 6.45) is 13.1. The third kappa shape index (κ3) is 5.55. The Morgan fingerprint density at radius 1 is 1.00 bits per heavy atom. The van der Waals surface area contributed by atoms with E-state index in [-0.39, 0.29) is 12.4 Å². The predicted octanol–water partition coefficient (Wildman–Crippen LogP) is 5.71. The highest BCUT2D eigenvalue weighted by molar-refractivity contribution is 6.30. The van der Waals surface area contributed by atoms with Gasteiger partial charge >= 0.3 is 0 Å². The fourth-order valence-electron chi connectivity index (χ4n) is 4.70. The highest BCUT2D eigenvalue weighted by Crippen LogP contribution is 2.28. The topological polar surface area (TPSA) is 69.1 Å². The van der Waals surface area contributed by atoms with Crippen LogP contribution in [0.2, 0.25) is 5.02 Å². The molecule has 5 rings (SSSR count). The first-order valence-electron chi connectivity index (χ1n) is 11.4. The standard InChI is InChI=1S/C26H28ClN5.ClH/c27-20-4-1-3-18(15-20)9-12-22-5-2-6-23(31-22)25-17-30-26-24(29-13-14-32(25)26)16-19-7-10-21(28)11-8-19;/h1-6,13-15,17,19,21H,7-12,16,28H2;1H. The highest BCUT2D eigenvalue weighted by atomic mass is 35.5. The Hall–Kier alpha value is -2.47. The van der Waals surface area contributed by atoms with Gasteiger partial charge in [0.25, 0.3) is 0 Å². The molecule has 0 bridgehead atoms. The molecule has 3 aromatic heterocycles. The van der Waals surface area contributed by atoms with Crippen molar-refractivity contribution in [2.24, 2.45) is 11.7 Å². The first kappa shape index (κ1) is 23.7. The van der Waals surface area contributed by atoms with E-state index in [1.165, 1.54) is 18.4 Å². The maximum atomic E-state index is 6.12. The number of nitrogens with two attached hydrogens (primary N) is 1. The second-order valence-electron chi connectivity index (χ2n) is 8.84. The molecule has 0 aliphatic heterocycles. The Balaban J connectivity index is 0.00000259. The predicted molar refractivity (Wildman–Crippen MR) is 136 cm³/mol. The molecule has 0 atom stereocenters. The molecule has 0 spiro atoms. The number of aryl methyl sites for hydroxylation is 2. The summed E-state index contributed by atoms with van der Waals surface area (Å²) < 4.78 is 2.12. The number of nitrogens with zero attached hydrogens (tertiary/aromatic N) is 4. The van der Waals surface area contributed by atoms with Crippen LogP contribution in [0.5, 0.6) is 0 Å². The van der Waals surface area contributed by atoms with Crippen LogP contribution in [0, 0.1) is 5.92 Å². The van der Waals surface area contributed by atoms with E-state index in [0.29, 0.717) is 12.0 Å². The summed E-state index contributed by atoms with van der Waals surface area (Å²) in [6, 6.07) is 14.6. The van der Waals surface area contributed by atoms with E-state index in [1.807, 2.05) is 36.8 Å². The van der Waals surface area contributed by atoms with Gasteiger partial charge in [-0.2, -0.15) is 0 Å². The van der Waals surface area contributed by atoms with Crippen LogP contribution in [0.1, 0.15) is 42.6 Å². The summed E-state index contributed by atoms with van der Waals surface area (Å²) >= 11 is 6.12. The smallest absolute Gasteiger partial charge is 0.159 e. The number of imidazole rings is 1. The summed E-state index contributed by atoms with van der Waals surface area (Å²) in [4.78, 5) is 14.3. The summed E-state index contributed by atoms with van der Waals surface area (Å²) in [5, 5.41) is 0.774. The van der Waals surface area contributed by atoms with E-state index in [4.69, 9.17) is 27.3 Å².